The van der Waals surface area contributed by atoms with Crippen LogP contribution < -0.4 is 5.32 Å². The van der Waals surface area contributed by atoms with Crippen molar-refractivity contribution in [2.24, 2.45) is 0 Å². The van der Waals surface area contributed by atoms with Gasteiger partial charge in [-0.15, -0.1) is 11.3 Å². The molecule has 10 nitrogen and oxygen atoms in total. The summed E-state index contributed by atoms with van der Waals surface area (Å²) in [5, 5.41) is 2.56. The Morgan fingerprint density at radius 2 is 1.94 bits per heavy atom. The van der Waals surface area contributed by atoms with Crippen molar-refractivity contribution in [2.45, 2.75) is 16.7 Å². The van der Waals surface area contributed by atoms with E-state index in [1.165, 1.54) is 34.5 Å². The molecule has 2 fully saturated rings. The van der Waals surface area contributed by atoms with Gasteiger partial charge in [0, 0.05) is 26.2 Å². The van der Waals surface area contributed by atoms with Gasteiger partial charge >= 0.3 is 6.03 Å². The molecule has 4 heterocycles. The minimum atomic E-state index is -3.68. The first kappa shape index (κ1) is 21.8. The molecular formula is C18H19ClN4O6S2. The fraction of sp³-hybridized carbons (Fsp3) is 0.389. The molecule has 2 saturated heterocycles. The number of nitrogens with zero attached hydrogens (tertiary/aromatic N) is 3. The van der Waals surface area contributed by atoms with Crippen molar-refractivity contribution in [3.63, 3.8) is 0 Å². The average Bonchev–Trinajstić information content (AvgIpc) is 3.47. The normalized spacial score (nSPS) is 22.8. The standard InChI is InChI=1S/C18H19ClN4O6S2/c1-18(12-3-2-10-29-12)16(25)23(17(26)20-18)11-14(24)21-6-8-22(9-7-21)31(27,28)15-5-4-13(19)30-15/h2-5,10H,6-9,11H2,1H3,(H,20,26)/t18-/m0/s1. The fourth-order valence-electron chi connectivity index (χ4n) is 3.55. The number of furan rings is 1. The SMILES string of the molecule is C[C@@]1(c2ccco2)NC(=O)N(CC(=O)N2CCN(S(=O)(=O)c3ccc(Cl)s3)CC2)C1=O. The molecule has 0 aromatic carbocycles. The molecule has 2 aromatic rings. The first-order valence-electron chi connectivity index (χ1n) is 9.34. The number of hydrogen-bond donors (Lipinski definition) is 1. The number of hydrogen-bond acceptors (Lipinski definition) is 7. The van der Waals surface area contributed by atoms with Crippen molar-refractivity contribution in [2.75, 3.05) is 32.7 Å². The summed E-state index contributed by atoms with van der Waals surface area (Å²) in [6.45, 7) is 1.58. The van der Waals surface area contributed by atoms with E-state index in [-0.39, 0.29) is 36.1 Å². The predicted octanol–water partition coefficient (Wildman–Crippen LogP) is 1.29. The number of halogens is 1. The molecule has 0 saturated carbocycles. The zero-order valence-corrected chi connectivity index (χ0v) is 18.8. The summed E-state index contributed by atoms with van der Waals surface area (Å²) < 4.78 is 32.5. The van der Waals surface area contributed by atoms with Gasteiger partial charge in [0.2, 0.25) is 5.91 Å². The zero-order chi connectivity index (χ0) is 22.4. The van der Waals surface area contributed by atoms with Gasteiger partial charge in [0.15, 0.2) is 5.54 Å². The Morgan fingerprint density at radius 1 is 1.23 bits per heavy atom. The van der Waals surface area contributed by atoms with Crippen LogP contribution in [0.2, 0.25) is 4.34 Å². The number of imide groups is 1. The Bertz CT molecular complexity index is 1120. The summed E-state index contributed by atoms with van der Waals surface area (Å²) in [6.07, 6.45) is 1.39. The Balaban J connectivity index is 1.38. The molecule has 2 aliphatic rings. The van der Waals surface area contributed by atoms with E-state index in [2.05, 4.69) is 5.32 Å². The van der Waals surface area contributed by atoms with Gasteiger partial charge in [-0.25, -0.2) is 13.2 Å². The molecule has 31 heavy (non-hydrogen) atoms. The number of urea groups is 1. The van der Waals surface area contributed by atoms with E-state index < -0.39 is 40.0 Å². The van der Waals surface area contributed by atoms with Crippen LogP contribution in [0.15, 0.2) is 39.2 Å². The third kappa shape index (κ3) is 3.84. The first-order valence-corrected chi connectivity index (χ1v) is 12.0. The minimum Gasteiger partial charge on any atom is -0.466 e. The van der Waals surface area contributed by atoms with Crippen molar-refractivity contribution in [3.05, 3.63) is 40.6 Å². The Labute approximate surface area is 187 Å². The van der Waals surface area contributed by atoms with Crippen LogP contribution in [0.25, 0.3) is 0 Å². The highest BCUT2D eigenvalue weighted by Crippen LogP contribution is 2.30. The molecular weight excluding hydrogens is 468 g/mol. The largest absolute Gasteiger partial charge is 0.466 e. The number of nitrogens with one attached hydrogen (secondary N) is 1. The van der Waals surface area contributed by atoms with Gasteiger partial charge in [0.25, 0.3) is 15.9 Å². The summed E-state index contributed by atoms with van der Waals surface area (Å²) in [5.41, 5.74) is -1.38. The number of piperazine rings is 1. The van der Waals surface area contributed by atoms with E-state index in [9.17, 15) is 22.8 Å². The quantitative estimate of drug-likeness (QED) is 0.636. The second-order valence-electron chi connectivity index (χ2n) is 7.27. The minimum absolute atomic E-state index is 0.105. The third-order valence-corrected chi connectivity index (χ3v) is 8.91. The number of sulfonamides is 1. The van der Waals surface area contributed by atoms with Crippen molar-refractivity contribution in [1.82, 2.24) is 19.4 Å². The van der Waals surface area contributed by atoms with Gasteiger partial charge in [-0.05, 0) is 31.2 Å². The molecule has 0 bridgehead atoms. The van der Waals surface area contributed by atoms with Crippen LogP contribution >= 0.6 is 22.9 Å². The second-order valence-corrected chi connectivity index (χ2v) is 11.1. The van der Waals surface area contributed by atoms with Gasteiger partial charge in [-0.3, -0.25) is 14.5 Å². The van der Waals surface area contributed by atoms with Gasteiger partial charge < -0.3 is 14.6 Å². The van der Waals surface area contributed by atoms with Gasteiger partial charge in [0.05, 0.1) is 10.6 Å². The highest BCUT2D eigenvalue weighted by molar-refractivity contribution is 7.91. The summed E-state index contributed by atoms with van der Waals surface area (Å²) in [6, 6.07) is 5.46. The zero-order valence-electron chi connectivity index (χ0n) is 16.4. The molecule has 2 aromatic heterocycles. The van der Waals surface area contributed by atoms with Crippen molar-refractivity contribution in [3.8, 4) is 0 Å². The van der Waals surface area contributed by atoms with Crippen LogP contribution in [0.3, 0.4) is 0 Å². The van der Waals surface area contributed by atoms with Crippen LogP contribution in [-0.4, -0.2) is 73.1 Å². The topological polar surface area (TPSA) is 120 Å². The Kier molecular flexibility index (Phi) is 5.58. The van der Waals surface area contributed by atoms with E-state index in [1.807, 2.05) is 0 Å². The van der Waals surface area contributed by atoms with Crippen LogP contribution in [0, 0.1) is 0 Å². The van der Waals surface area contributed by atoms with Gasteiger partial charge in [-0.1, -0.05) is 11.6 Å². The van der Waals surface area contributed by atoms with Crippen molar-refractivity contribution >= 4 is 50.8 Å². The number of amides is 4. The maximum Gasteiger partial charge on any atom is 0.325 e. The third-order valence-electron chi connectivity index (χ3n) is 5.32. The van der Waals surface area contributed by atoms with Gasteiger partial charge in [-0.2, -0.15) is 4.31 Å². The molecule has 0 unspecified atom stereocenters. The van der Waals surface area contributed by atoms with E-state index in [0.29, 0.717) is 4.34 Å². The lowest BCUT2D eigenvalue weighted by molar-refractivity contribution is -0.139. The smallest absolute Gasteiger partial charge is 0.325 e. The average molecular weight is 487 g/mol. The summed E-state index contributed by atoms with van der Waals surface area (Å²) in [4.78, 5) is 40.2. The van der Waals surface area contributed by atoms with E-state index in [0.717, 1.165) is 16.2 Å². The monoisotopic (exact) mass is 486 g/mol. The molecule has 4 amide bonds. The van der Waals surface area contributed by atoms with Crippen molar-refractivity contribution in [1.29, 1.82) is 0 Å². The summed E-state index contributed by atoms with van der Waals surface area (Å²) in [7, 11) is -3.68. The van der Waals surface area contributed by atoms with Crippen LogP contribution in [0.4, 0.5) is 4.79 Å². The second kappa shape index (κ2) is 7.93. The lowest BCUT2D eigenvalue weighted by Gasteiger charge is -2.34. The lowest BCUT2D eigenvalue weighted by Crippen LogP contribution is -2.53. The van der Waals surface area contributed by atoms with Gasteiger partial charge in [0.1, 0.15) is 16.5 Å². The molecule has 0 radical (unpaired) electrons. The maximum atomic E-state index is 12.8. The van der Waals surface area contributed by atoms with Crippen LogP contribution in [0.5, 0.6) is 0 Å². The number of carbonyl (C=O) groups excluding carboxylic acids is 3. The first-order chi connectivity index (χ1) is 14.6. The number of thiophene rings is 1. The highest BCUT2D eigenvalue weighted by Gasteiger charge is 2.51. The summed E-state index contributed by atoms with van der Waals surface area (Å²) in [5.74, 6) is -0.756. The van der Waals surface area contributed by atoms with E-state index >= 15 is 0 Å². The number of carbonyl (C=O) groups is 3. The number of rotatable bonds is 5. The van der Waals surface area contributed by atoms with Crippen LogP contribution in [0.1, 0.15) is 12.7 Å². The molecule has 1 atom stereocenters. The molecule has 2 aliphatic heterocycles. The highest BCUT2D eigenvalue weighted by atomic mass is 35.5. The summed E-state index contributed by atoms with van der Waals surface area (Å²) >= 11 is 6.81. The molecule has 13 heteroatoms. The molecule has 1 N–H and O–H groups in total. The van der Waals surface area contributed by atoms with Crippen molar-refractivity contribution < 1.29 is 27.2 Å². The molecule has 4 rings (SSSR count). The van der Waals surface area contributed by atoms with E-state index in [4.69, 9.17) is 16.0 Å². The maximum absolute atomic E-state index is 12.8. The molecule has 0 spiro atoms. The lowest BCUT2D eigenvalue weighted by atomic mass is 9.99. The predicted molar refractivity (Wildman–Crippen MR) is 111 cm³/mol. The Morgan fingerprint density at radius 3 is 2.52 bits per heavy atom. The fourth-order valence-corrected chi connectivity index (χ4v) is 6.61. The Hall–Kier alpha value is -2.41. The van der Waals surface area contributed by atoms with E-state index in [1.54, 1.807) is 12.1 Å². The molecule has 166 valence electrons. The molecule has 0 aliphatic carbocycles. The van der Waals surface area contributed by atoms with Crippen LogP contribution in [-0.2, 0) is 25.2 Å².